The molecule has 0 unspecified atom stereocenters. The molecule has 0 bridgehead atoms. The molecule has 1 aromatic heterocycles. The quantitative estimate of drug-likeness (QED) is 0.790. The SMILES string of the molecule is COCCNC(=O)c1ccc(Nc2cc(Cl)cc(Cl)c2)nn1. The zero-order chi connectivity index (χ0) is 15.9. The van der Waals surface area contributed by atoms with Gasteiger partial charge in [0.2, 0.25) is 0 Å². The van der Waals surface area contributed by atoms with Gasteiger partial charge in [0, 0.05) is 29.4 Å². The predicted octanol–water partition coefficient (Wildman–Crippen LogP) is 2.90. The third-order valence-corrected chi connectivity index (χ3v) is 3.06. The van der Waals surface area contributed by atoms with Crippen LogP contribution in [0.25, 0.3) is 0 Å². The Morgan fingerprint density at radius 3 is 2.50 bits per heavy atom. The van der Waals surface area contributed by atoms with E-state index in [0.29, 0.717) is 34.7 Å². The third-order valence-electron chi connectivity index (χ3n) is 2.62. The van der Waals surface area contributed by atoms with Crippen LogP contribution in [0.5, 0.6) is 0 Å². The molecule has 0 aliphatic carbocycles. The molecular weight excluding hydrogens is 327 g/mol. The van der Waals surface area contributed by atoms with Crippen LogP contribution in [-0.4, -0.2) is 36.4 Å². The van der Waals surface area contributed by atoms with Gasteiger partial charge in [0.1, 0.15) is 0 Å². The molecule has 0 saturated heterocycles. The Hall–Kier alpha value is -1.89. The maximum absolute atomic E-state index is 11.8. The van der Waals surface area contributed by atoms with E-state index >= 15 is 0 Å². The van der Waals surface area contributed by atoms with Crippen LogP contribution in [0.15, 0.2) is 30.3 Å². The molecule has 1 heterocycles. The number of nitrogens with zero attached hydrogens (tertiary/aromatic N) is 2. The summed E-state index contributed by atoms with van der Waals surface area (Å²) in [6.45, 7) is 0.854. The van der Waals surface area contributed by atoms with Crippen molar-refractivity contribution in [1.29, 1.82) is 0 Å². The number of anilines is 2. The van der Waals surface area contributed by atoms with E-state index in [-0.39, 0.29) is 11.6 Å². The Morgan fingerprint density at radius 2 is 1.91 bits per heavy atom. The van der Waals surface area contributed by atoms with Crippen molar-refractivity contribution in [2.45, 2.75) is 0 Å². The van der Waals surface area contributed by atoms with Crippen molar-refractivity contribution >= 4 is 40.6 Å². The van der Waals surface area contributed by atoms with Gasteiger partial charge in [-0.1, -0.05) is 23.2 Å². The van der Waals surface area contributed by atoms with Gasteiger partial charge in [-0.15, -0.1) is 10.2 Å². The molecule has 116 valence electrons. The first-order chi connectivity index (χ1) is 10.6. The largest absolute Gasteiger partial charge is 0.383 e. The first-order valence-electron chi connectivity index (χ1n) is 6.42. The molecule has 2 rings (SSSR count). The number of carbonyl (C=O) groups is 1. The lowest BCUT2D eigenvalue weighted by atomic mass is 10.3. The van der Waals surface area contributed by atoms with E-state index in [1.807, 2.05) is 0 Å². The van der Waals surface area contributed by atoms with E-state index in [1.165, 1.54) is 0 Å². The van der Waals surface area contributed by atoms with Gasteiger partial charge in [0.05, 0.1) is 6.61 Å². The second kappa shape index (κ2) is 7.93. The monoisotopic (exact) mass is 340 g/mol. The van der Waals surface area contributed by atoms with Gasteiger partial charge < -0.3 is 15.4 Å². The van der Waals surface area contributed by atoms with Crippen LogP contribution >= 0.6 is 23.2 Å². The standard InChI is InChI=1S/C14H14Cl2N4O2/c1-22-5-4-17-14(21)12-2-3-13(20-19-12)18-11-7-9(15)6-10(16)8-11/h2-3,6-8H,4-5H2,1H3,(H,17,21)(H,18,20). The second-order valence-corrected chi connectivity index (χ2v) is 5.21. The Labute approximate surface area is 137 Å². The highest BCUT2D eigenvalue weighted by Gasteiger charge is 2.08. The zero-order valence-corrected chi connectivity index (χ0v) is 13.3. The summed E-state index contributed by atoms with van der Waals surface area (Å²) in [5, 5.41) is 14.5. The minimum absolute atomic E-state index is 0.228. The van der Waals surface area contributed by atoms with E-state index in [4.69, 9.17) is 27.9 Å². The number of hydrogen-bond donors (Lipinski definition) is 2. The summed E-state index contributed by atoms with van der Waals surface area (Å²) in [5.41, 5.74) is 0.912. The van der Waals surface area contributed by atoms with E-state index in [2.05, 4.69) is 20.8 Å². The van der Waals surface area contributed by atoms with Gasteiger partial charge >= 0.3 is 0 Å². The van der Waals surface area contributed by atoms with E-state index in [1.54, 1.807) is 37.4 Å². The number of ether oxygens (including phenoxy) is 1. The maximum Gasteiger partial charge on any atom is 0.271 e. The van der Waals surface area contributed by atoms with Crippen molar-refractivity contribution in [3.05, 3.63) is 46.1 Å². The lowest BCUT2D eigenvalue weighted by Gasteiger charge is -2.07. The molecule has 0 atom stereocenters. The van der Waals surface area contributed by atoms with E-state index < -0.39 is 0 Å². The fourth-order valence-electron chi connectivity index (χ4n) is 1.65. The summed E-state index contributed by atoms with van der Waals surface area (Å²) >= 11 is 11.8. The Kier molecular flexibility index (Phi) is 5.94. The van der Waals surface area contributed by atoms with Crippen LogP contribution in [0.2, 0.25) is 10.0 Å². The first-order valence-corrected chi connectivity index (χ1v) is 7.18. The number of methoxy groups -OCH3 is 1. The van der Waals surface area contributed by atoms with E-state index in [0.717, 1.165) is 0 Å². The topological polar surface area (TPSA) is 76.1 Å². The molecule has 0 aliphatic rings. The number of amides is 1. The first kappa shape index (κ1) is 16.5. The van der Waals surface area contributed by atoms with Crippen LogP contribution in [0.4, 0.5) is 11.5 Å². The van der Waals surface area contributed by atoms with Crippen molar-refractivity contribution in [3.8, 4) is 0 Å². The molecule has 8 heteroatoms. The zero-order valence-electron chi connectivity index (χ0n) is 11.8. The summed E-state index contributed by atoms with van der Waals surface area (Å²) in [7, 11) is 1.56. The number of aromatic nitrogens is 2. The van der Waals surface area contributed by atoms with Crippen molar-refractivity contribution in [2.75, 3.05) is 25.6 Å². The average Bonchev–Trinajstić information content (AvgIpc) is 2.47. The highest BCUT2D eigenvalue weighted by atomic mass is 35.5. The van der Waals surface area contributed by atoms with E-state index in [9.17, 15) is 4.79 Å². The van der Waals surface area contributed by atoms with Crippen LogP contribution < -0.4 is 10.6 Å². The molecule has 0 radical (unpaired) electrons. The number of benzene rings is 1. The van der Waals surface area contributed by atoms with Gasteiger partial charge in [0.25, 0.3) is 5.91 Å². The molecule has 22 heavy (non-hydrogen) atoms. The van der Waals surface area contributed by atoms with Crippen LogP contribution in [0.1, 0.15) is 10.5 Å². The third kappa shape index (κ3) is 4.84. The fraction of sp³-hybridized carbons (Fsp3) is 0.214. The smallest absolute Gasteiger partial charge is 0.271 e. The van der Waals surface area contributed by atoms with Crippen LogP contribution in [0, 0.1) is 0 Å². The molecule has 1 amide bonds. The number of rotatable bonds is 6. The van der Waals surface area contributed by atoms with Gasteiger partial charge in [-0.05, 0) is 30.3 Å². The van der Waals surface area contributed by atoms with Crippen molar-refractivity contribution < 1.29 is 9.53 Å². The minimum atomic E-state index is -0.304. The van der Waals surface area contributed by atoms with Gasteiger partial charge in [-0.25, -0.2) is 0 Å². The Bertz CT molecular complexity index is 630. The normalized spacial score (nSPS) is 10.3. The molecule has 1 aromatic carbocycles. The molecule has 2 N–H and O–H groups in total. The summed E-state index contributed by atoms with van der Waals surface area (Å²) in [6, 6.07) is 8.27. The molecule has 6 nitrogen and oxygen atoms in total. The molecule has 0 saturated carbocycles. The van der Waals surface area contributed by atoms with Gasteiger partial charge in [-0.3, -0.25) is 4.79 Å². The minimum Gasteiger partial charge on any atom is -0.383 e. The number of nitrogens with one attached hydrogen (secondary N) is 2. The van der Waals surface area contributed by atoms with Crippen molar-refractivity contribution in [3.63, 3.8) is 0 Å². The van der Waals surface area contributed by atoms with Crippen molar-refractivity contribution in [2.24, 2.45) is 0 Å². The predicted molar refractivity (Wildman–Crippen MR) is 86.0 cm³/mol. The summed E-state index contributed by atoms with van der Waals surface area (Å²) in [6.07, 6.45) is 0. The highest BCUT2D eigenvalue weighted by Crippen LogP contribution is 2.24. The molecule has 0 spiro atoms. The summed E-state index contributed by atoms with van der Waals surface area (Å²) < 4.78 is 4.85. The Morgan fingerprint density at radius 1 is 1.18 bits per heavy atom. The second-order valence-electron chi connectivity index (χ2n) is 4.34. The molecule has 0 aliphatic heterocycles. The maximum atomic E-state index is 11.8. The number of carbonyl (C=O) groups excluding carboxylic acids is 1. The lowest BCUT2D eigenvalue weighted by Crippen LogP contribution is -2.27. The summed E-state index contributed by atoms with van der Waals surface area (Å²) in [4.78, 5) is 11.8. The summed E-state index contributed by atoms with van der Waals surface area (Å²) in [5.74, 6) is 0.175. The van der Waals surface area contributed by atoms with Crippen molar-refractivity contribution in [1.82, 2.24) is 15.5 Å². The average molecular weight is 341 g/mol. The van der Waals surface area contributed by atoms with Gasteiger partial charge in [0.15, 0.2) is 11.5 Å². The Balaban J connectivity index is 2.01. The number of hydrogen-bond acceptors (Lipinski definition) is 5. The molecule has 0 fully saturated rings. The molecular formula is C14H14Cl2N4O2. The fourth-order valence-corrected chi connectivity index (χ4v) is 2.18. The number of halogens is 2. The molecule has 2 aromatic rings. The van der Waals surface area contributed by atoms with Gasteiger partial charge in [-0.2, -0.15) is 0 Å². The van der Waals surface area contributed by atoms with Crippen LogP contribution in [-0.2, 0) is 4.74 Å². The highest BCUT2D eigenvalue weighted by molar-refractivity contribution is 6.35. The van der Waals surface area contributed by atoms with Crippen LogP contribution in [0.3, 0.4) is 0 Å². The lowest BCUT2D eigenvalue weighted by molar-refractivity contribution is 0.0931.